The molecule has 6 nitrogen and oxygen atoms in total. The van der Waals surface area contributed by atoms with Gasteiger partial charge in [-0.3, -0.25) is 0 Å². The summed E-state index contributed by atoms with van der Waals surface area (Å²) in [6.45, 7) is 4.26. The Bertz CT molecular complexity index is 905. The van der Waals surface area contributed by atoms with Crippen LogP contribution < -0.4 is 0 Å². The number of benzene rings is 2. The topological polar surface area (TPSA) is 61.4 Å². The number of nitrogens with zero attached hydrogens (tertiary/aromatic N) is 6. The first-order valence-electron chi connectivity index (χ1n) is 8.11. The average Bonchev–Trinajstić information content (AvgIpc) is 3.32. The lowest BCUT2D eigenvalue weighted by Gasteiger charge is -2.14. The van der Waals surface area contributed by atoms with Gasteiger partial charge in [-0.25, -0.2) is 19.3 Å². The Kier molecular flexibility index (Phi) is 3.85. The highest BCUT2D eigenvalue weighted by Gasteiger charge is 2.11. The van der Waals surface area contributed by atoms with E-state index in [2.05, 4.69) is 70.4 Å². The van der Waals surface area contributed by atoms with E-state index < -0.39 is 0 Å². The fourth-order valence-corrected chi connectivity index (χ4v) is 3.09. The van der Waals surface area contributed by atoms with Crippen LogP contribution in [-0.4, -0.2) is 29.5 Å². The zero-order valence-electron chi connectivity index (χ0n) is 14.2. The molecule has 0 aliphatic rings. The van der Waals surface area contributed by atoms with Crippen LogP contribution in [0.3, 0.4) is 0 Å². The van der Waals surface area contributed by atoms with Crippen LogP contribution in [0.5, 0.6) is 0 Å². The minimum atomic E-state index is 0.850. The van der Waals surface area contributed by atoms with Crippen molar-refractivity contribution in [3.8, 4) is 11.4 Å². The van der Waals surface area contributed by atoms with Crippen molar-refractivity contribution in [1.29, 1.82) is 0 Å². The number of hydrogen-bond acceptors (Lipinski definition) is 4. The molecule has 0 N–H and O–H groups in total. The van der Waals surface area contributed by atoms with Gasteiger partial charge in [-0.15, -0.1) is 0 Å². The van der Waals surface area contributed by atoms with Gasteiger partial charge in [0.15, 0.2) is 0 Å². The zero-order valence-corrected chi connectivity index (χ0v) is 14.2. The van der Waals surface area contributed by atoms with E-state index in [9.17, 15) is 0 Å². The largest absolute Gasteiger partial charge is 0.223 e. The molecule has 0 saturated carbocycles. The van der Waals surface area contributed by atoms with Gasteiger partial charge < -0.3 is 0 Å². The lowest BCUT2D eigenvalue weighted by atomic mass is 9.96. The molecule has 4 aromatic rings. The van der Waals surface area contributed by atoms with Gasteiger partial charge in [0.05, 0.1) is 11.4 Å². The summed E-state index contributed by atoms with van der Waals surface area (Å²) in [6, 6.07) is 12.6. The molecule has 0 atom stereocenters. The van der Waals surface area contributed by atoms with Crippen molar-refractivity contribution >= 4 is 0 Å². The first-order valence-corrected chi connectivity index (χ1v) is 8.11. The molecular weight excluding hydrogens is 312 g/mol. The molecule has 2 aromatic carbocycles. The second-order valence-corrected chi connectivity index (χ2v) is 5.98. The summed E-state index contributed by atoms with van der Waals surface area (Å²) in [5.74, 6) is 0. The molecule has 0 fully saturated rings. The standard InChI is InChI=1S/C19H18N6/c1-14-16(5-3-7-18(14)24-12-20-10-22-24)9-17-6-4-8-19(15(17)2)25-13-21-11-23-25/h3-8,10-13H,9H2,1-2H3. The molecular formula is C19H18N6. The smallest absolute Gasteiger partial charge is 0.138 e. The second kappa shape index (κ2) is 6.32. The molecule has 25 heavy (non-hydrogen) atoms. The van der Waals surface area contributed by atoms with Crippen LogP contribution in [-0.2, 0) is 6.42 Å². The second-order valence-electron chi connectivity index (χ2n) is 5.98. The Morgan fingerprint density at radius 2 is 1.20 bits per heavy atom. The van der Waals surface area contributed by atoms with E-state index in [0.29, 0.717) is 0 Å². The molecule has 0 bridgehead atoms. The summed E-state index contributed by atoms with van der Waals surface area (Å²) in [7, 11) is 0. The molecule has 0 radical (unpaired) electrons. The van der Waals surface area contributed by atoms with E-state index in [0.717, 1.165) is 17.8 Å². The van der Waals surface area contributed by atoms with Crippen molar-refractivity contribution in [2.45, 2.75) is 20.3 Å². The molecule has 2 heterocycles. The average molecular weight is 330 g/mol. The minimum absolute atomic E-state index is 0.850. The maximum Gasteiger partial charge on any atom is 0.138 e. The normalized spacial score (nSPS) is 11.0. The number of aromatic nitrogens is 6. The van der Waals surface area contributed by atoms with Crippen molar-refractivity contribution in [2.75, 3.05) is 0 Å². The monoisotopic (exact) mass is 330 g/mol. The zero-order chi connectivity index (χ0) is 17.2. The summed E-state index contributed by atoms with van der Waals surface area (Å²) < 4.78 is 3.61. The third-order valence-corrected chi connectivity index (χ3v) is 4.55. The maximum absolute atomic E-state index is 4.25. The summed E-state index contributed by atoms with van der Waals surface area (Å²) in [4.78, 5) is 8.09. The molecule has 0 saturated heterocycles. The van der Waals surface area contributed by atoms with E-state index in [1.807, 2.05) is 0 Å². The highest BCUT2D eigenvalue weighted by molar-refractivity contribution is 5.50. The van der Waals surface area contributed by atoms with E-state index in [1.165, 1.54) is 22.3 Å². The van der Waals surface area contributed by atoms with Gasteiger partial charge in [-0.1, -0.05) is 24.3 Å². The van der Waals surface area contributed by atoms with Crippen molar-refractivity contribution in [3.63, 3.8) is 0 Å². The van der Waals surface area contributed by atoms with Gasteiger partial charge in [-0.2, -0.15) is 10.2 Å². The van der Waals surface area contributed by atoms with Crippen molar-refractivity contribution in [1.82, 2.24) is 29.5 Å². The quantitative estimate of drug-likeness (QED) is 0.577. The van der Waals surface area contributed by atoms with Crippen molar-refractivity contribution in [2.24, 2.45) is 0 Å². The predicted molar refractivity (Wildman–Crippen MR) is 95.0 cm³/mol. The molecule has 0 unspecified atom stereocenters. The van der Waals surface area contributed by atoms with Gasteiger partial charge in [-0.05, 0) is 54.7 Å². The van der Waals surface area contributed by atoms with Crippen LogP contribution in [0, 0.1) is 13.8 Å². The Hall–Kier alpha value is -3.28. The van der Waals surface area contributed by atoms with Crippen LogP contribution in [0.15, 0.2) is 61.7 Å². The SMILES string of the molecule is Cc1c(Cc2cccc(-n3cncn3)c2C)cccc1-n1cncn1. The third kappa shape index (κ3) is 2.82. The molecule has 2 aromatic heterocycles. The summed E-state index contributed by atoms with van der Waals surface area (Å²) >= 11 is 0. The van der Waals surface area contributed by atoms with Crippen molar-refractivity contribution in [3.05, 3.63) is 84.0 Å². The third-order valence-electron chi connectivity index (χ3n) is 4.55. The molecule has 0 spiro atoms. The summed E-state index contributed by atoms with van der Waals surface area (Å²) in [5, 5.41) is 8.50. The molecule has 6 heteroatoms. The Morgan fingerprint density at radius 1 is 0.720 bits per heavy atom. The Labute approximate surface area is 145 Å². The first-order chi connectivity index (χ1) is 12.2. The van der Waals surface area contributed by atoms with Gasteiger partial charge >= 0.3 is 0 Å². The van der Waals surface area contributed by atoms with Gasteiger partial charge in [0.25, 0.3) is 0 Å². The van der Waals surface area contributed by atoms with E-state index >= 15 is 0 Å². The van der Waals surface area contributed by atoms with E-state index in [-0.39, 0.29) is 0 Å². The van der Waals surface area contributed by atoms with Crippen LogP contribution >= 0.6 is 0 Å². The lowest BCUT2D eigenvalue weighted by molar-refractivity contribution is 0.862. The highest BCUT2D eigenvalue weighted by atomic mass is 15.3. The predicted octanol–water partition coefficient (Wildman–Crippen LogP) is 3.06. The van der Waals surface area contributed by atoms with Gasteiger partial charge in [0.2, 0.25) is 0 Å². The van der Waals surface area contributed by atoms with Crippen LogP contribution in [0.1, 0.15) is 22.3 Å². The first kappa shape index (κ1) is 15.3. The summed E-state index contributed by atoms with van der Waals surface area (Å²) in [6.07, 6.45) is 7.41. The summed E-state index contributed by atoms with van der Waals surface area (Å²) in [5.41, 5.74) is 7.07. The van der Waals surface area contributed by atoms with Crippen LogP contribution in [0.2, 0.25) is 0 Å². The van der Waals surface area contributed by atoms with E-state index in [4.69, 9.17) is 0 Å². The van der Waals surface area contributed by atoms with Crippen LogP contribution in [0.25, 0.3) is 11.4 Å². The highest BCUT2D eigenvalue weighted by Crippen LogP contribution is 2.24. The number of hydrogen-bond donors (Lipinski definition) is 0. The Morgan fingerprint density at radius 3 is 1.60 bits per heavy atom. The van der Waals surface area contributed by atoms with Gasteiger partial charge in [0, 0.05) is 0 Å². The molecule has 0 aliphatic carbocycles. The minimum Gasteiger partial charge on any atom is -0.223 e. The van der Waals surface area contributed by atoms with Crippen molar-refractivity contribution < 1.29 is 0 Å². The fourth-order valence-electron chi connectivity index (χ4n) is 3.09. The van der Waals surface area contributed by atoms with E-state index in [1.54, 1.807) is 34.7 Å². The molecule has 0 amide bonds. The lowest BCUT2D eigenvalue weighted by Crippen LogP contribution is -2.04. The molecule has 124 valence electrons. The molecule has 0 aliphatic heterocycles. The van der Waals surface area contributed by atoms with Crippen LogP contribution in [0.4, 0.5) is 0 Å². The number of rotatable bonds is 4. The Balaban J connectivity index is 1.72. The molecule has 4 rings (SSSR count). The fraction of sp³-hybridized carbons (Fsp3) is 0.158. The van der Waals surface area contributed by atoms with Gasteiger partial charge in [0.1, 0.15) is 25.3 Å². The maximum atomic E-state index is 4.25.